The maximum absolute atomic E-state index is 4.32. The first-order chi connectivity index (χ1) is 5.92. The molecular formula is C10H14N2. The van der Waals surface area contributed by atoms with Crippen LogP contribution in [0.5, 0.6) is 0 Å². The Morgan fingerprint density at radius 2 is 2.08 bits per heavy atom. The highest BCUT2D eigenvalue weighted by molar-refractivity contribution is 5.26. The molecule has 12 heavy (non-hydrogen) atoms. The van der Waals surface area contributed by atoms with Gasteiger partial charge in [-0.05, 0) is 37.7 Å². The van der Waals surface area contributed by atoms with Gasteiger partial charge >= 0.3 is 0 Å². The maximum Gasteiger partial charge on any atom is 0.115 e. The molecule has 0 unspecified atom stereocenters. The lowest BCUT2D eigenvalue weighted by molar-refractivity contribution is 0.652. The average molecular weight is 162 g/mol. The molecule has 1 aromatic rings. The molecular weight excluding hydrogens is 148 g/mol. The standard InChI is InChI=1S/C10H14N2/c1-2-9-8-5-3-4-6-10(8)12-7-11-9/h7H,2-6H2,1H3. The molecule has 1 aliphatic rings. The summed E-state index contributed by atoms with van der Waals surface area (Å²) in [5.41, 5.74) is 4.00. The zero-order valence-corrected chi connectivity index (χ0v) is 7.51. The van der Waals surface area contributed by atoms with E-state index < -0.39 is 0 Å². The molecule has 1 heterocycles. The van der Waals surface area contributed by atoms with Crippen LogP contribution < -0.4 is 0 Å². The number of aromatic nitrogens is 2. The Hall–Kier alpha value is -0.920. The number of rotatable bonds is 1. The molecule has 0 fully saturated rings. The Balaban J connectivity index is 2.44. The van der Waals surface area contributed by atoms with Crippen LogP contribution >= 0.6 is 0 Å². The summed E-state index contributed by atoms with van der Waals surface area (Å²) >= 11 is 0. The van der Waals surface area contributed by atoms with E-state index in [1.807, 2.05) is 0 Å². The van der Waals surface area contributed by atoms with Gasteiger partial charge in [-0.15, -0.1) is 0 Å². The van der Waals surface area contributed by atoms with Crippen molar-refractivity contribution in [2.75, 3.05) is 0 Å². The lowest BCUT2D eigenvalue weighted by Crippen LogP contribution is -2.09. The highest BCUT2D eigenvalue weighted by Gasteiger charge is 2.13. The molecule has 2 rings (SSSR count). The van der Waals surface area contributed by atoms with E-state index in [4.69, 9.17) is 0 Å². The summed E-state index contributed by atoms with van der Waals surface area (Å²) in [6.07, 6.45) is 7.72. The minimum absolute atomic E-state index is 1.05. The van der Waals surface area contributed by atoms with Gasteiger partial charge in [0.15, 0.2) is 0 Å². The van der Waals surface area contributed by atoms with Gasteiger partial charge in [-0.25, -0.2) is 9.97 Å². The van der Waals surface area contributed by atoms with Crippen molar-refractivity contribution < 1.29 is 0 Å². The Labute approximate surface area is 73.1 Å². The average Bonchev–Trinajstić information content (AvgIpc) is 2.17. The predicted octanol–water partition coefficient (Wildman–Crippen LogP) is 1.92. The zero-order valence-electron chi connectivity index (χ0n) is 7.51. The molecule has 0 aliphatic heterocycles. The van der Waals surface area contributed by atoms with Crippen molar-refractivity contribution in [2.24, 2.45) is 0 Å². The van der Waals surface area contributed by atoms with E-state index >= 15 is 0 Å². The smallest absolute Gasteiger partial charge is 0.115 e. The Kier molecular flexibility index (Phi) is 2.07. The summed E-state index contributed by atoms with van der Waals surface area (Å²) in [4.78, 5) is 8.62. The van der Waals surface area contributed by atoms with E-state index in [9.17, 15) is 0 Å². The second-order valence-corrected chi connectivity index (χ2v) is 3.31. The molecule has 0 saturated carbocycles. The van der Waals surface area contributed by atoms with Crippen molar-refractivity contribution in [3.05, 3.63) is 23.3 Å². The van der Waals surface area contributed by atoms with Crippen molar-refractivity contribution in [2.45, 2.75) is 39.0 Å². The summed E-state index contributed by atoms with van der Waals surface area (Å²) in [5, 5.41) is 0. The fourth-order valence-corrected chi connectivity index (χ4v) is 1.89. The van der Waals surface area contributed by atoms with E-state index in [0.29, 0.717) is 0 Å². The normalized spacial score (nSPS) is 15.8. The monoisotopic (exact) mass is 162 g/mol. The van der Waals surface area contributed by atoms with Crippen LogP contribution in [0, 0.1) is 0 Å². The van der Waals surface area contributed by atoms with Gasteiger partial charge in [0.2, 0.25) is 0 Å². The number of fused-ring (bicyclic) bond motifs is 1. The van der Waals surface area contributed by atoms with Crippen LogP contribution in [0.4, 0.5) is 0 Å². The number of nitrogens with zero attached hydrogens (tertiary/aromatic N) is 2. The SMILES string of the molecule is CCc1ncnc2c1CCCC2. The van der Waals surface area contributed by atoms with E-state index in [1.165, 1.54) is 36.2 Å². The fourth-order valence-electron chi connectivity index (χ4n) is 1.89. The van der Waals surface area contributed by atoms with Gasteiger partial charge in [-0.2, -0.15) is 0 Å². The number of hydrogen-bond donors (Lipinski definition) is 0. The summed E-state index contributed by atoms with van der Waals surface area (Å²) in [5.74, 6) is 0. The van der Waals surface area contributed by atoms with Crippen molar-refractivity contribution in [3.8, 4) is 0 Å². The van der Waals surface area contributed by atoms with E-state index in [1.54, 1.807) is 6.33 Å². The topological polar surface area (TPSA) is 25.8 Å². The third kappa shape index (κ3) is 1.22. The van der Waals surface area contributed by atoms with Gasteiger partial charge in [0, 0.05) is 11.4 Å². The molecule has 0 spiro atoms. The molecule has 2 nitrogen and oxygen atoms in total. The van der Waals surface area contributed by atoms with Gasteiger partial charge in [-0.3, -0.25) is 0 Å². The quantitative estimate of drug-likeness (QED) is 0.630. The highest BCUT2D eigenvalue weighted by Crippen LogP contribution is 2.21. The van der Waals surface area contributed by atoms with Gasteiger partial charge in [-0.1, -0.05) is 6.92 Å². The van der Waals surface area contributed by atoms with Crippen LogP contribution in [0.3, 0.4) is 0 Å². The van der Waals surface area contributed by atoms with Gasteiger partial charge in [0.05, 0.1) is 0 Å². The number of aryl methyl sites for hydroxylation is 2. The predicted molar refractivity (Wildman–Crippen MR) is 48.1 cm³/mol. The molecule has 0 bridgehead atoms. The van der Waals surface area contributed by atoms with E-state index in [-0.39, 0.29) is 0 Å². The first kappa shape index (κ1) is 7.71. The second kappa shape index (κ2) is 3.21. The van der Waals surface area contributed by atoms with Crippen molar-refractivity contribution >= 4 is 0 Å². The van der Waals surface area contributed by atoms with Crippen molar-refractivity contribution in [3.63, 3.8) is 0 Å². The third-order valence-electron chi connectivity index (χ3n) is 2.55. The largest absolute Gasteiger partial charge is 0.241 e. The molecule has 1 aliphatic carbocycles. The third-order valence-corrected chi connectivity index (χ3v) is 2.55. The van der Waals surface area contributed by atoms with Crippen molar-refractivity contribution in [1.82, 2.24) is 9.97 Å². The molecule has 0 aromatic carbocycles. The van der Waals surface area contributed by atoms with Gasteiger partial charge < -0.3 is 0 Å². The molecule has 64 valence electrons. The van der Waals surface area contributed by atoms with Crippen LogP contribution in [-0.2, 0) is 19.3 Å². The van der Waals surface area contributed by atoms with Crippen LogP contribution in [0.25, 0.3) is 0 Å². The molecule has 1 aromatic heterocycles. The molecule has 0 amide bonds. The van der Waals surface area contributed by atoms with E-state index in [0.717, 1.165) is 12.8 Å². The number of hydrogen-bond acceptors (Lipinski definition) is 2. The maximum atomic E-state index is 4.32. The second-order valence-electron chi connectivity index (χ2n) is 3.31. The first-order valence-electron chi connectivity index (χ1n) is 4.73. The first-order valence-corrected chi connectivity index (χ1v) is 4.73. The Morgan fingerprint density at radius 3 is 2.92 bits per heavy atom. The molecule has 0 saturated heterocycles. The Bertz CT molecular complexity index is 267. The lowest BCUT2D eigenvalue weighted by Gasteiger charge is -2.16. The van der Waals surface area contributed by atoms with E-state index in [2.05, 4.69) is 16.9 Å². The lowest BCUT2D eigenvalue weighted by atomic mass is 9.94. The summed E-state index contributed by atoms with van der Waals surface area (Å²) in [7, 11) is 0. The molecule has 2 heteroatoms. The van der Waals surface area contributed by atoms with Crippen LogP contribution in [-0.4, -0.2) is 9.97 Å². The van der Waals surface area contributed by atoms with Gasteiger partial charge in [0.25, 0.3) is 0 Å². The Morgan fingerprint density at radius 1 is 1.25 bits per heavy atom. The minimum Gasteiger partial charge on any atom is -0.241 e. The van der Waals surface area contributed by atoms with Crippen LogP contribution in [0.1, 0.15) is 36.7 Å². The fraction of sp³-hybridized carbons (Fsp3) is 0.600. The zero-order chi connectivity index (χ0) is 8.39. The summed E-state index contributed by atoms with van der Waals surface area (Å²) in [6.45, 7) is 2.16. The summed E-state index contributed by atoms with van der Waals surface area (Å²) in [6, 6.07) is 0. The van der Waals surface area contributed by atoms with Crippen LogP contribution in [0.15, 0.2) is 6.33 Å². The minimum atomic E-state index is 1.05. The highest BCUT2D eigenvalue weighted by atomic mass is 14.8. The molecule has 0 atom stereocenters. The molecule has 0 N–H and O–H groups in total. The molecule has 0 radical (unpaired) electrons. The van der Waals surface area contributed by atoms with Crippen LogP contribution in [0.2, 0.25) is 0 Å². The summed E-state index contributed by atoms with van der Waals surface area (Å²) < 4.78 is 0. The van der Waals surface area contributed by atoms with Gasteiger partial charge in [0.1, 0.15) is 6.33 Å². The van der Waals surface area contributed by atoms with Crippen molar-refractivity contribution in [1.29, 1.82) is 0 Å².